The van der Waals surface area contributed by atoms with E-state index < -0.39 is 22.0 Å². The van der Waals surface area contributed by atoms with Gasteiger partial charge in [-0.15, -0.1) is 0 Å². The van der Waals surface area contributed by atoms with Gasteiger partial charge < -0.3 is 9.84 Å². The second-order valence-corrected chi connectivity index (χ2v) is 6.66. The standard InChI is InChI=1S/C10H14N2O5S2/c1-17-10-8(5-18-11-10)19(15,16)12-7(4-9(13)14)6-2-3-6/h5-7,12H,2-4H2,1H3,(H,13,14)/t7-/m0/s1. The number of methoxy groups -OCH3 is 1. The summed E-state index contributed by atoms with van der Waals surface area (Å²) >= 11 is 0.972. The molecule has 2 rings (SSSR count). The monoisotopic (exact) mass is 306 g/mol. The molecule has 19 heavy (non-hydrogen) atoms. The fourth-order valence-electron chi connectivity index (χ4n) is 1.79. The van der Waals surface area contributed by atoms with E-state index in [2.05, 4.69) is 9.10 Å². The van der Waals surface area contributed by atoms with Gasteiger partial charge in [0, 0.05) is 11.4 Å². The van der Waals surface area contributed by atoms with Crippen molar-refractivity contribution in [1.29, 1.82) is 0 Å². The second kappa shape index (κ2) is 5.43. The minimum absolute atomic E-state index is 0.0300. The quantitative estimate of drug-likeness (QED) is 0.767. The fourth-order valence-corrected chi connectivity index (χ4v) is 4.16. The Hall–Kier alpha value is -1.19. The van der Waals surface area contributed by atoms with Gasteiger partial charge in [0.25, 0.3) is 0 Å². The molecule has 0 aliphatic heterocycles. The average Bonchev–Trinajstić information content (AvgIpc) is 3.04. The molecular weight excluding hydrogens is 292 g/mol. The van der Waals surface area contributed by atoms with Gasteiger partial charge >= 0.3 is 5.97 Å². The topological polar surface area (TPSA) is 106 Å². The van der Waals surface area contributed by atoms with Crippen molar-refractivity contribution in [3.05, 3.63) is 5.38 Å². The van der Waals surface area contributed by atoms with Crippen LogP contribution in [0.3, 0.4) is 0 Å². The second-order valence-electron chi connectivity index (χ2n) is 4.35. The minimum Gasteiger partial charge on any atom is -0.481 e. The van der Waals surface area contributed by atoms with Crippen LogP contribution in [0.5, 0.6) is 5.88 Å². The van der Waals surface area contributed by atoms with Gasteiger partial charge in [-0.25, -0.2) is 13.1 Å². The molecule has 1 aromatic rings. The van der Waals surface area contributed by atoms with Crippen molar-refractivity contribution >= 4 is 27.5 Å². The van der Waals surface area contributed by atoms with E-state index in [1.54, 1.807) is 0 Å². The van der Waals surface area contributed by atoms with E-state index in [1.165, 1.54) is 12.5 Å². The van der Waals surface area contributed by atoms with Crippen molar-refractivity contribution in [2.75, 3.05) is 7.11 Å². The summed E-state index contributed by atoms with van der Waals surface area (Å²) in [5, 5.41) is 10.2. The van der Waals surface area contributed by atoms with Crippen molar-refractivity contribution in [1.82, 2.24) is 9.10 Å². The Bertz CT molecular complexity index is 564. The van der Waals surface area contributed by atoms with Crippen LogP contribution in [0.2, 0.25) is 0 Å². The molecule has 0 amide bonds. The number of nitrogens with zero attached hydrogens (tertiary/aromatic N) is 1. The van der Waals surface area contributed by atoms with E-state index in [-0.39, 0.29) is 23.1 Å². The molecule has 1 saturated carbocycles. The zero-order valence-electron chi connectivity index (χ0n) is 10.2. The Morgan fingerprint density at radius 3 is 2.89 bits per heavy atom. The first-order valence-corrected chi connectivity index (χ1v) is 7.98. The Labute approximate surface area is 114 Å². The molecule has 106 valence electrons. The predicted molar refractivity (Wildman–Crippen MR) is 67.8 cm³/mol. The molecule has 0 unspecified atom stereocenters. The highest BCUT2D eigenvalue weighted by Crippen LogP contribution is 2.35. The van der Waals surface area contributed by atoms with E-state index in [1.807, 2.05) is 0 Å². The molecule has 0 saturated heterocycles. The third kappa shape index (κ3) is 3.43. The molecule has 1 heterocycles. The van der Waals surface area contributed by atoms with Crippen LogP contribution >= 0.6 is 11.5 Å². The number of nitrogens with one attached hydrogen (secondary N) is 1. The number of carboxylic acids is 1. The third-order valence-corrected chi connectivity index (χ3v) is 5.13. The van der Waals surface area contributed by atoms with Crippen LogP contribution in [-0.4, -0.2) is 37.0 Å². The largest absolute Gasteiger partial charge is 0.481 e. The summed E-state index contributed by atoms with van der Waals surface area (Å²) in [5.74, 6) is -0.888. The normalized spacial score (nSPS) is 17.1. The maximum atomic E-state index is 12.2. The molecule has 1 aliphatic carbocycles. The van der Waals surface area contributed by atoms with Gasteiger partial charge in [-0.1, -0.05) is 0 Å². The zero-order valence-corrected chi connectivity index (χ0v) is 11.8. The Morgan fingerprint density at radius 2 is 2.37 bits per heavy atom. The highest BCUT2D eigenvalue weighted by molar-refractivity contribution is 7.89. The van der Waals surface area contributed by atoms with Gasteiger partial charge in [0.2, 0.25) is 15.9 Å². The first-order valence-electron chi connectivity index (χ1n) is 5.66. The van der Waals surface area contributed by atoms with Gasteiger partial charge in [-0.3, -0.25) is 4.79 Å². The molecule has 2 N–H and O–H groups in total. The molecule has 1 aliphatic rings. The lowest BCUT2D eigenvalue weighted by Crippen LogP contribution is -2.38. The smallest absolute Gasteiger partial charge is 0.304 e. The summed E-state index contributed by atoms with van der Waals surface area (Å²) in [7, 11) is -2.46. The molecule has 1 fully saturated rings. The van der Waals surface area contributed by atoms with E-state index in [4.69, 9.17) is 9.84 Å². The molecule has 7 nitrogen and oxygen atoms in total. The summed E-state index contributed by atoms with van der Waals surface area (Å²) in [6, 6.07) is -0.577. The highest BCUT2D eigenvalue weighted by Gasteiger charge is 2.36. The van der Waals surface area contributed by atoms with Crippen LogP contribution in [0.25, 0.3) is 0 Å². The van der Waals surface area contributed by atoms with E-state index in [9.17, 15) is 13.2 Å². The predicted octanol–water partition coefficient (Wildman–Crippen LogP) is 0.683. The molecule has 9 heteroatoms. The number of carbonyl (C=O) groups is 1. The summed E-state index contributed by atoms with van der Waals surface area (Å²) < 4.78 is 35.5. The number of hydrogen-bond donors (Lipinski definition) is 2. The van der Waals surface area contributed by atoms with E-state index >= 15 is 0 Å². The van der Waals surface area contributed by atoms with Crippen LogP contribution in [-0.2, 0) is 14.8 Å². The summed E-state index contributed by atoms with van der Waals surface area (Å²) in [5.41, 5.74) is 0. The van der Waals surface area contributed by atoms with Gasteiger partial charge in [0.15, 0.2) is 4.90 Å². The minimum atomic E-state index is -3.80. The first kappa shape index (κ1) is 14.2. The van der Waals surface area contributed by atoms with E-state index in [0.717, 1.165) is 24.4 Å². The molecule has 0 bridgehead atoms. The molecule has 1 atom stereocenters. The van der Waals surface area contributed by atoms with Gasteiger partial charge in [-0.2, -0.15) is 4.37 Å². The number of sulfonamides is 1. The van der Waals surface area contributed by atoms with Crippen LogP contribution < -0.4 is 9.46 Å². The first-order chi connectivity index (χ1) is 8.94. The Morgan fingerprint density at radius 1 is 1.68 bits per heavy atom. The highest BCUT2D eigenvalue weighted by atomic mass is 32.2. The van der Waals surface area contributed by atoms with Crippen LogP contribution in [0.4, 0.5) is 0 Å². The maximum Gasteiger partial charge on any atom is 0.304 e. The lowest BCUT2D eigenvalue weighted by molar-refractivity contribution is -0.137. The molecule has 1 aromatic heterocycles. The average molecular weight is 306 g/mol. The number of carboxylic acid groups (broad SMARTS) is 1. The van der Waals surface area contributed by atoms with Crippen molar-refractivity contribution < 1.29 is 23.1 Å². The van der Waals surface area contributed by atoms with Gasteiger partial charge in [-0.05, 0) is 30.3 Å². The summed E-state index contributed by atoms with van der Waals surface area (Å²) in [6.45, 7) is 0. The summed E-state index contributed by atoms with van der Waals surface area (Å²) in [4.78, 5) is 10.7. The zero-order chi connectivity index (χ0) is 14.0. The third-order valence-electron chi connectivity index (χ3n) is 2.88. The number of aromatic nitrogens is 1. The molecule has 0 radical (unpaired) electrons. The number of aliphatic carboxylic acids is 1. The van der Waals surface area contributed by atoms with Crippen molar-refractivity contribution in [3.8, 4) is 5.88 Å². The Balaban J connectivity index is 2.17. The molecule has 0 aromatic carbocycles. The van der Waals surface area contributed by atoms with Crippen LogP contribution in [0.1, 0.15) is 19.3 Å². The van der Waals surface area contributed by atoms with Crippen molar-refractivity contribution in [2.45, 2.75) is 30.2 Å². The van der Waals surface area contributed by atoms with Crippen LogP contribution in [0, 0.1) is 5.92 Å². The lowest BCUT2D eigenvalue weighted by atomic mass is 10.1. The van der Waals surface area contributed by atoms with Crippen molar-refractivity contribution in [3.63, 3.8) is 0 Å². The lowest BCUT2D eigenvalue weighted by Gasteiger charge is -2.15. The van der Waals surface area contributed by atoms with Crippen molar-refractivity contribution in [2.24, 2.45) is 5.92 Å². The summed E-state index contributed by atoms with van der Waals surface area (Å²) in [6.07, 6.45) is 1.47. The van der Waals surface area contributed by atoms with E-state index in [0.29, 0.717) is 0 Å². The molecule has 0 spiro atoms. The number of rotatable bonds is 7. The molecular formula is C10H14N2O5S2. The number of ether oxygens (including phenoxy) is 1. The SMILES string of the molecule is COc1nscc1S(=O)(=O)N[C@@H](CC(=O)O)C1CC1. The fraction of sp³-hybridized carbons (Fsp3) is 0.600. The number of hydrogen-bond acceptors (Lipinski definition) is 6. The maximum absolute atomic E-state index is 12.2. The van der Waals surface area contributed by atoms with Crippen LogP contribution in [0.15, 0.2) is 10.3 Å². The Kier molecular flexibility index (Phi) is 4.07. The van der Waals surface area contributed by atoms with Gasteiger partial charge in [0.05, 0.1) is 13.5 Å². The van der Waals surface area contributed by atoms with Gasteiger partial charge in [0.1, 0.15) is 0 Å².